The molecule has 1 atom stereocenters. The number of carbonyl (C=O) groups excluding carboxylic acids is 2. The number of phenolic OH excluding ortho intramolecular Hbond substituents is 1. The number of nitrogens with one attached hydrogen (secondary N) is 2. The smallest absolute Gasteiger partial charge is 0.238 e. The van der Waals surface area contributed by atoms with E-state index in [-0.39, 0.29) is 29.2 Å². The molecule has 1 aliphatic heterocycles. The molecule has 1 unspecified atom stereocenters. The minimum atomic E-state index is -0.697. The summed E-state index contributed by atoms with van der Waals surface area (Å²) in [6, 6.07) is 9.76. The average Bonchev–Trinajstić information content (AvgIpc) is 2.81. The fourth-order valence-corrected chi connectivity index (χ4v) is 3.82. The first kappa shape index (κ1) is 23.9. The van der Waals surface area contributed by atoms with Crippen LogP contribution < -0.4 is 24.8 Å². The van der Waals surface area contributed by atoms with Crippen LogP contribution in [0.1, 0.15) is 18.9 Å². The Labute approximate surface area is 195 Å². The van der Waals surface area contributed by atoms with Gasteiger partial charge in [-0.05, 0) is 42.8 Å². The first-order chi connectivity index (χ1) is 15.9. The summed E-state index contributed by atoms with van der Waals surface area (Å²) in [5, 5.41) is 22.7. The molecule has 1 fully saturated rings. The van der Waals surface area contributed by atoms with Gasteiger partial charge in [0.1, 0.15) is 16.7 Å². The van der Waals surface area contributed by atoms with Crippen LogP contribution in [0.5, 0.6) is 23.0 Å². The maximum atomic E-state index is 12.8. The Morgan fingerprint density at radius 2 is 2.06 bits per heavy atom. The van der Waals surface area contributed by atoms with E-state index in [1.807, 2.05) is 6.92 Å². The van der Waals surface area contributed by atoms with Gasteiger partial charge in [0.15, 0.2) is 16.7 Å². The van der Waals surface area contributed by atoms with Gasteiger partial charge in [0.25, 0.3) is 0 Å². The van der Waals surface area contributed by atoms with Gasteiger partial charge in [-0.1, -0.05) is 11.8 Å². The Balaban J connectivity index is 1.69. The minimum absolute atomic E-state index is 0.00656. The number of hydrogen-bond donors (Lipinski definition) is 3. The number of hydrogen-bond acceptors (Lipinski definition) is 9. The summed E-state index contributed by atoms with van der Waals surface area (Å²) in [4.78, 5) is 24.9. The average molecular weight is 473 g/mol. The summed E-state index contributed by atoms with van der Waals surface area (Å²) in [7, 11) is 3.02. The highest BCUT2D eigenvalue weighted by atomic mass is 32.2. The third-order valence-corrected chi connectivity index (χ3v) is 5.54. The number of aromatic hydroxyl groups is 1. The molecule has 2 amide bonds. The molecule has 1 heterocycles. The number of ether oxygens (including phenoxy) is 3. The number of amides is 2. The van der Waals surface area contributed by atoms with Crippen LogP contribution in [0.3, 0.4) is 0 Å². The lowest BCUT2D eigenvalue weighted by molar-refractivity contribution is -0.123. The second-order valence-electron chi connectivity index (χ2n) is 6.72. The summed E-state index contributed by atoms with van der Waals surface area (Å²) in [6.45, 7) is 2.22. The van der Waals surface area contributed by atoms with Crippen molar-refractivity contribution in [3.8, 4) is 23.0 Å². The highest BCUT2D eigenvalue weighted by molar-refractivity contribution is 8.15. The molecular weight excluding hydrogens is 448 g/mol. The van der Waals surface area contributed by atoms with Crippen LogP contribution in [0.2, 0.25) is 0 Å². The van der Waals surface area contributed by atoms with E-state index in [0.717, 1.165) is 11.8 Å². The number of phenols is 1. The minimum Gasteiger partial charge on any atom is -0.504 e. The molecule has 0 saturated carbocycles. The molecule has 1 aliphatic rings. The third-order valence-electron chi connectivity index (χ3n) is 4.47. The zero-order valence-corrected chi connectivity index (χ0v) is 19.1. The van der Waals surface area contributed by atoms with Gasteiger partial charge in [-0.2, -0.15) is 5.10 Å². The van der Waals surface area contributed by atoms with Crippen LogP contribution in [0.4, 0.5) is 5.69 Å². The second-order valence-corrected chi connectivity index (χ2v) is 7.92. The maximum Gasteiger partial charge on any atom is 0.238 e. The van der Waals surface area contributed by atoms with E-state index in [4.69, 9.17) is 14.2 Å². The molecule has 0 bridgehead atoms. The normalized spacial score (nSPS) is 17.0. The van der Waals surface area contributed by atoms with Gasteiger partial charge in [-0.3, -0.25) is 9.59 Å². The van der Waals surface area contributed by atoms with Crippen molar-refractivity contribution in [2.24, 2.45) is 10.2 Å². The first-order valence-corrected chi connectivity index (χ1v) is 10.9. The number of methoxy groups -OCH3 is 2. The van der Waals surface area contributed by atoms with E-state index in [1.54, 1.807) is 30.3 Å². The van der Waals surface area contributed by atoms with Crippen LogP contribution in [-0.2, 0) is 9.59 Å². The molecule has 11 heteroatoms. The standard InChI is InChI=1S/C22H24N4O6S/c1-4-32-18-9-13(5-8-16(18)27)12-23-26-22-25-20(28)11-19(33-22)21(29)24-15-7-6-14(30-2)10-17(15)31-3/h5-10,12,19,27H,4,11H2,1-3H3,(H,24,29)(H,25,26,28)/b23-12+. The van der Waals surface area contributed by atoms with Crippen LogP contribution in [0.25, 0.3) is 0 Å². The molecule has 33 heavy (non-hydrogen) atoms. The van der Waals surface area contributed by atoms with Gasteiger partial charge >= 0.3 is 0 Å². The summed E-state index contributed by atoms with van der Waals surface area (Å²) in [5.74, 6) is 0.679. The fourth-order valence-electron chi connectivity index (χ4n) is 2.88. The Morgan fingerprint density at radius 3 is 2.79 bits per heavy atom. The maximum absolute atomic E-state index is 12.8. The van der Waals surface area contributed by atoms with Crippen molar-refractivity contribution >= 4 is 40.6 Å². The number of nitrogens with zero attached hydrogens (tertiary/aromatic N) is 2. The summed E-state index contributed by atoms with van der Waals surface area (Å²) >= 11 is 1.09. The third kappa shape index (κ3) is 6.39. The van der Waals surface area contributed by atoms with Crippen molar-refractivity contribution in [2.45, 2.75) is 18.6 Å². The number of amidine groups is 1. The predicted octanol–water partition coefficient (Wildman–Crippen LogP) is 2.76. The van der Waals surface area contributed by atoms with Crippen molar-refractivity contribution in [3.05, 3.63) is 42.0 Å². The second kappa shape index (κ2) is 11.2. The SMILES string of the molecule is CCOc1cc(/C=N/N=C2NC(=O)CC(C(=O)Nc3ccc(OC)cc3OC)S2)ccc1O. The molecule has 0 spiro atoms. The van der Waals surface area contributed by atoms with Crippen molar-refractivity contribution in [1.29, 1.82) is 0 Å². The highest BCUT2D eigenvalue weighted by Gasteiger charge is 2.30. The van der Waals surface area contributed by atoms with E-state index in [9.17, 15) is 14.7 Å². The van der Waals surface area contributed by atoms with Gasteiger partial charge in [-0.15, -0.1) is 5.10 Å². The number of anilines is 1. The lowest BCUT2D eigenvalue weighted by Gasteiger charge is -2.22. The van der Waals surface area contributed by atoms with Crippen molar-refractivity contribution in [2.75, 3.05) is 26.1 Å². The van der Waals surface area contributed by atoms with Gasteiger partial charge in [0.05, 0.1) is 32.7 Å². The molecular formula is C22H24N4O6S. The molecule has 2 aromatic rings. The zero-order valence-electron chi connectivity index (χ0n) is 18.3. The van der Waals surface area contributed by atoms with Crippen molar-refractivity contribution in [1.82, 2.24) is 5.32 Å². The van der Waals surface area contributed by atoms with Crippen LogP contribution >= 0.6 is 11.8 Å². The summed E-state index contributed by atoms with van der Waals surface area (Å²) < 4.78 is 15.8. The molecule has 0 aromatic heterocycles. The van der Waals surface area contributed by atoms with Gasteiger partial charge in [0.2, 0.25) is 11.8 Å². The highest BCUT2D eigenvalue weighted by Crippen LogP contribution is 2.31. The quantitative estimate of drug-likeness (QED) is 0.398. The topological polar surface area (TPSA) is 131 Å². The van der Waals surface area contributed by atoms with E-state index >= 15 is 0 Å². The largest absolute Gasteiger partial charge is 0.504 e. The summed E-state index contributed by atoms with van der Waals surface area (Å²) in [6.07, 6.45) is 1.45. The molecule has 0 aliphatic carbocycles. The first-order valence-electron chi connectivity index (χ1n) is 9.99. The molecule has 3 N–H and O–H groups in total. The number of carbonyl (C=O) groups is 2. The Morgan fingerprint density at radius 1 is 1.24 bits per heavy atom. The molecule has 174 valence electrons. The molecule has 3 rings (SSSR count). The lowest BCUT2D eigenvalue weighted by Crippen LogP contribution is -2.41. The Kier molecular flexibility index (Phi) is 8.14. The number of benzene rings is 2. The predicted molar refractivity (Wildman–Crippen MR) is 127 cm³/mol. The lowest BCUT2D eigenvalue weighted by atomic mass is 10.2. The number of rotatable bonds is 8. The Hall–Kier alpha value is -3.73. The molecule has 2 aromatic carbocycles. The van der Waals surface area contributed by atoms with Gasteiger partial charge in [0, 0.05) is 12.5 Å². The Bertz CT molecular complexity index is 1090. The molecule has 0 radical (unpaired) electrons. The van der Waals surface area contributed by atoms with E-state index in [0.29, 0.717) is 35.1 Å². The van der Waals surface area contributed by atoms with Crippen LogP contribution in [0.15, 0.2) is 46.6 Å². The van der Waals surface area contributed by atoms with Crippen LogP contribution in [-0.4, -0.2) is 54.4 Å². The molecule has 10 nitrogen and oxygen atoms in total. The number of thioether (sulfide) groups is 1. The van der Waals surface area contributed by atoms with Gasteiger partial charge in [-0.25, -0.2) is 0 Å². The van der Waals surface area contributed by atoms with E-state index in [1.165, 1.54) is 26.5 Å². The summed E-state index contributed by atoms with van der Waals surface area (Å²) in [5.41, 5.74) is 1.11. The monoisotopic (exact) mass is 472 g/mol. The zero-order chi connectivity index (χ0) is 23.8. The van der Waals surface area contributed by atoms with Crippen LogP contribution in [0, 0.1) is 0 Å². The van der Waals surface area contributed by atoms with E-state index < -0.39 is 5.25 Å². The molecule has 1 saturated heterocycles. The van der Waals surface area contributed by atoms with Crippen molar-refractivity contribution in [3.63, 3.8) is 0 Å². The van der Waals surface area contributed by atoms with Gasteiger partial charge < -0.3 is 30.0 Å². The fraction of sp³-hybridized carbons (Fsp3) is 0.273. The van der Waals surface area contributed by atoms with Crippen molar-refractivity contribution < 1.29 is 28.9 Å². The van der Waals surface area contributed by atoms with E-state index in [2.05, 4.69) is 20.8 Å².